The van der Waals surface area contributed by atoms with E-state index in [0.29, 0.717) is 5.92 Å². The van der Waals surface area contributed by atoms with E-state index in [1.54, 1.807) is 7.11 Å². The van der Waals surface area contributed by atoms with Gasteiger partial charge in [-0.2, -0.15) is 5.10 Å². The first-order chi connectivity index (χ1) is 9.17. The van der Waals surface area contributed by atoms with Crippen LogP contribution in [0.25, 0.3) is 0 Å². The zero-order valence-electron chi connectivity index (χ0n) is 12.6. The maximum absolute atomic E-state index is 5.27. The van der Waals surface area contributed by atoms with Gasteiger partial charge >= 0.3 is 0 Å². The van der Waals surface area contributed by atoms with Crippen LogP contribution in [0.3, 0.4) is 0 Å². The Labute approximate surface area is 115 Å². The Balaban J connectivity index is 2.10. The van der Waals surface area contributed by atoms with E-state index in [0.717, 1.165) is 31.9 Å². The van der Waals surface area contributed by atoms with Crippen molar-refractivity contribution < 1.29 is 4.74 Å². The fraction of sp³-hybridized carbons (Fsp3) is 0.786. The van der Waals surface area contributed by atoms with Crippen molar-refractivity contribution in [2.75, 3.05) is 38.8 Å². The fourth-order valence-electron chi connectivity index (χ4n) is 3.02. The van der Waals surface area contributed by atoms with E-state index in [-0.39, 0.29) is 0 Å². The third-order valence-corrected chi connectivity index (χ3v) is 3.98. The SMILES string of the molecule is CNCc1c(C)nn(C)c1N1CCC(COC)CC1. The molecule has 5 nitrogen and oxygen atoms in total. The lowest BCUT2D eigenvalue weighted by molar-refractivity contribution is 0.139. The summed E-state index contributed by atoms with van der Waals surface area (Å²) in [6.45, 7) is 6.07. The van der Waals surface area contributed by atoms with Gasteiger partial charge in [0.2, 0.25) is 0 Å². The van der Waals surface area contributed by atoms with E-state index in [4.69, 9.17) is 4.74 Å². The molecule has 0 atom stereocenters. The second-order valence-corrected chi connectivity index (χ2v) is 5.43. The summed E-state index contributed by atoms with van der Waals surface area (Å²) in [4.78, 5) is 2.47. The Morgan fingerprint density at radius 1 is 1.37 bits per heavy atom. The summed E-state index contributed by atoms with van der Waals surface area (Å²) in [7, 11) is 5.83. The largest absolute Gasteiger partial charge is 0.384 e. The number of piperidine rings is 1. The molecule has 1 aliphatic rings. The van der Waals surface area contributed by atoms with E-state index in [1.165, 1.54) is 24.2 Å². The number of anilines is 1. The highest BCUT2D eigenvalue weighted by atomic mass is 16.5. The van der Waals surface area contributed by atoms with Gasteiger partial charge in [-0.15, -0.1) is 0 Å². The molecular formula is C14H26N4O. The summed E-state index contributed by atoms with van der Waals surface area (Å²) in [5.41, 5.74) is 2.46. The van der Waals surface area contributed by atoms with Crippen molar-refractivity contribution in [2.45, 2.75) is 26.3 Å². The van der Waals surface area contributed by atoms with Crippen molar-refractivity contribution >= 4 is 5.82 Å². The van der Waals surface area contributed by atoms with Gasteiger partial charge in [-0.25, -0.2) is 0 Å². The quantitative estimate of drug-likeness (QED) is 0.872. The Morgan fingerprint density at radius 2 is 2.05 bits per heavy atom. The molecule has 0 spiro atoms. The first-order valence-electron chi connectivity index (χ1n) is 7.08. The van der Waals surface area contributed by atoms with Gasteiger partial charge in [0.25, 0.3) is 0 Å². The highest BCUT2D eigenvalue weighted by Crippen LogP contribution is 2.28. The van der Waals surface area contributed by atoms with E-state index in [2.05, 4.69) is 22.2 Å². The zero-order chi connectivity index (χ0) is 13.8. The average molecular weight is 266 g/mol. The molecule has 108 valence electrons. The number of methoxy groups -OCH3 is 1. The minimum atomic E-state index is 0.711. The normalized spacial score (nSPS) is 17.2. The fourth-order valence-corrected chi connectivity index (χ4v) is 3.02. The van der Waals surface area contributed by atoms with Crippen LogP contribution in [0.15, 0.2) is 0 Å². The van der Waals surface area contributed by atoms with Crippen LogP contribution >= 0.6 is 0 Å². The van der Waals surface area contributed by atoms with Crippen molar-refractivity contribution in [3.05, 3.63) is 11.3 Å². The Bertz CT molecular complexity index is 408. The van der Waals surface area contributed by atoms with Crippen LogP contribution in [-0.4, -0.2) is 43.6 Å². The van der Waals surface area contributed by atoms with Gasteiger partial charge < -0.3 is 15.0 Å². The minimum Gasteiger partial charge on any atom is -0.384 e. The van der Waals surface area contributed by atoms with Crippen molar-refractivity contribution in [1.29, 1.82) is 0 Å². The highest BCUT2D eigenvalue weighted by Gasteiger charge is 2.24. The van der Waals surface area contributed by atoms with Crippen molar-refractivity contribution in [1.82, 2.24) is 15.1 Å². The molecule has 0 amide bonds. The molecule has 1 aromatic heterocycles. The first-order valence-corrected chi connectivity index (χ1v) is 7.08. The predicted octanol–water partition coefficient (Wildman–Crippen LogP) is 1.31. The van der Waals surface area contributed by atoms with Crippen molar-refractivity contribution in [3.8, 4) is 0 Å². The number of rotatable bonds is 5. The smallest absolute Gasteiger partial charge is 0.131 e. The third kappa shape index (κ3) is 3.09. The second kappa shape index (κ2) is 6.39. The molecule has 1 saturated heterocycles. The van der Waals surface area contributed by atoms with Gasteiger partial charge in [0.05, 0.1) is 5.69 Å². The second-order valence-electron chi connectivity index (χ2n) is 5.43. The standard InChI is InChI=1S/C14H26N4O/c1-11-13(9-15-2)14(17(3)16-11)18-7-5-12(6-8-18)10-19-4/h12,15H,5-10H2,1-4H3. The molecule has 1 aliphatic heterocycles. The van der Waals surface area contributed by atoms with Crippen LogP contribution < -0.4 is 10.2 Å². The number of aromatic nitrogens is 2. The monoisotopic (exact) mass is 266 g/mol. The van der Waals surface area contributed by atoms with Gasteiger partial charge in [-0.1, -0.05) is 0 Å². The predicted molar refractivity (Wildman–Crippen MR) is 77.5 cm³/mol. The van der Waals surface area contributed by atoms with Crippen LogP contribution in [0.1, 0.15) is 24.1 Å². The molecule has 0 aliphatic carbocycles. The third-order valence-electron chi connectivity index (χ3n) is 3.98. The van der Waals surface area contributed by atoms with E-state index >= 15 is 0 Å². The van der Waals surface area contributed by atoms with Gasteiger partial charge in [-0.3, -0.25) is 4.68 Å². The molecule has 0 aromatic carbocycles. The summed E-state index contributed by atoms with van der Waals surface area (Å²) in [6.07, 6.45) is 2.41. The van der Waals surface area contributed by atoms with E-state index in [1.807, 2.05) is 18.8 Å². The van der Waals surface area contributed by atoms with Gasteiger partial charge in [0, 0.05) is 46.0 Å². The molecule has 5 heteroatoms. The van der Waals surface area contributed by atoms with Gasteiger partial charge in [0.1, 0.15) is 5.82 Å². The summed E-state index contributed by atoms with van der Waals surface area (Å²) >= 11 is 0. The highest BCUT2D eigenvalue weighted by molar-refractivity contribution is 5.50. The van der Waals surface area contributed by atoms with E-state index < -0.39 is 0 Å². The summed E-state index contributed by atoms with van der Waals surface area (Å²) in [5, 5.41) is 7.82. The number of aryl methyl sites for hydroxylation is 2. The van der Waals surface area contributed by atoms with Crippen LogP contribution in [-0.2, 0) is 18.3 Å². The lowest BCUT2D eigenvalue weighted by atomic mass is 9.97. The Hall–Kier alpha value is -1.07. The van der Waals surface area contributed by atoms with Crippen molar-refractivity contribution in [3.63, 3.8) is 0 Å². The lowest BCUT2D eigenvalue weighted by Gasteiger charge is -2.33. The topological polar surface area (TPSA) is 42.3 Å². The number of ether oxygens (including phenoxy) is 1. The Morgan fingerprint density at radius 3 is 2.63 bits per heavy atom. The molecule has 1 aromatic rings. The molecule has 19 heavy (non-hydrogen) atoms. The summed E-state index contributed by atoms with van der Waals surface area (Å²) < 4.78 is 7.29. The zero-order valence-corrected chi connectivity index (χ0v) is 12.6. The van der Waals surface area contributed by atoms with Crippen LogP contribution in [0.2, 0.25) is 0 Å². The van der Waals surface area contributed by atoms with Crippen LogP contribution in [0, 0.1) is 12.8 Å². The molecule has 0 radical (unpaired) electrons. The van der Waals surface area contributed by atoms with Gasteiger partial charge in [0.15, 0.2) is 0 Å². The molecule has 0 bridgehead atoms. The maximum Gasteiger partial charge on any atom is 0.131 e. The molecular weight excluding hydrogens is 240 g/mol. The molecule has 1 N–H and O–H groups in total. The molecule has 1 fully saturated rings. The Kier molecular flexibility index (Phi) is 4.82. The van der Waals surface area contributed by atoms with Gasteiger partial charge in [-0.05, 0) is 32.7 Å². The number of hydrogen-bond donors (Lipinski definition) is 1. The summed E-state index contributed by atoms with van der Waals surface area (Å²) in [5.74, 6) is 1.99. The van der Waals surface area contributed by atoms with Crippen LogP contribution in [0.4, 0.5) is 5.82 Å². The molecule has 0 saturated carbocycles. The maximum atomic E-state index is 5.27. The van der Waals surface area contributed by atoms with Crippen molar-refractivity contribution in [2.24, 2.45) is 13.0 Å². The lowest BCUT2D eigenvalue weighted by Crippen LogP contribution is -2.36. The number of nitrogens with zero attached hydrogens (tertiary/aromatic N) is 3. The van der Waals surface area contributed by atoms with Crippen LogP contribution in [0.5, 0.6) is 0 Å². The summed E-state index contributed by atoms with van der Waals surface area (Å²) in [6, 6.07) is 0. The first kappa shape index (κ1) is 14.3. The average Bonchev–Trinajstić information content (AvgIpc) is 2.67. The number of hydrogen-bond acceptors (Lipinski definition) is 4. The molecule has 2 rings (SSSR count). The van der Waals surface area contributed by atoms with E-state index in [9.17, 15) is 0 Å². The minimum absolute atomic E-state index is 0.711. The molecule has 0 unspecified atom stereocenters. The molecule has 2 heterocycles. The number of nitrogens with one attached hydrogen (secondary N) is 1.